The second kappa shape index (κ2) is 9.62. The van der Waals surface area contributed by atoms with Crippen LogP contribution in [0.3, 0.4) is 0 Å². The lowest BCUT2D eigenvalue weighted by Gasteiger charge is -2.46. The Morgan fingerprint density at radius 1 is 0.759 bits per heavy atom. The number of rotatable bonds is 6. The highest BCUT2D eigenvalue weighted by molar-refractivity contribution is 5.43. The molecule has 8 N–H and O–H groups in total. The predicted octanol–water partition coefficient (Wildman–Crippen LogP) is -3.28. The van der Waals surface area contributed by atoms with Crippen molar-refractivity contribution in [3.05, 3.63) is 30.3 Å². The van der Waals surface area contributed by atoms with Gasteiger partial charge in [-0.1, -0.05) is 18.2 Å². The van der Waals surface area contributed by atoms with Crippen molar-refractivity contribution in [1.29, 1.82) is 0 Å². The molecule has 0 unspecified atom stereocenters. The summed E-state index contributed by atoms with van der Waals surface area (Å²) in [6.07, 6.45) is -14.2. The van der Waals surface area contributed by atoms with Crippen LogP contribution in [0.2, 0.25) is 0 Å². The van der Waals surface area contributed by atoms with Gasteiger partial charge in [0.15, 0.2) is 12.5 Å². The SMILES string of the molecule is OC[C@H]1O[C@@H](O[C@@H]2[C@H](O)[C@@H](O)[C@H](Nc3ccccc3)O[C@@H]2CO)[C@H](O)[C@@H](O)[C@H]1O. The summed E-state index contributed by atoms with van der Waals surface area (Å²) in [7, 11) is 0. The van der Waals surface area contributed by atoms with Gasteiger partial charge in [0.1, 0.15) is 48.8 Å². The van der Waals surface area contributed by atoms with E-state index in [1.807, 2.05) is 0 Å². The molecule has 2 aliphatic heterocycles. The van der Waals surface area contributed by atoms with E-state index in [2.05, 4.69) is 5.32 Å². The van der Waals surface area contributed by atoms with Crippen LogP contribution in [0.25, 0.3) is 0 Å². The van der Waals surface area contributed by atoms with Crippen molar-refractivity contribution in [2.75, 3.05) is 18.5 Å². The van der Waals surface area contributed by atoms with Crippen LogP contribution < -0.4 is 5.32 Å². The van der Waals surface area contributed by atoms with E-state index in [0.29, 0.717) is 5.69 Å². The molecule has 3 rings (SSSR count). The normalized spacial score (nSPS) is 43.1. The summed E-state index contributed by atoms with van der Waals surface area (Å²) in [4.78, 5) is 0. The molecule has 11 heteroatoms. The topological polar surface area (TPSA) is 181 Å². The number of para-hydroxylation sites is 1. The molecule has 1 aromatic rings. The minimum atomic E-state index is -1.70. The average molecular weight is 417 g/mol. The highest BCUT2D eigenvalue weighted by Crippen LogP contribution is 2.29. The standard InChI is InChI=1S/C18H27NO10/c20-6-9-11(22)12(23)15(26)18(28-9)29-16-10(7-21)27-17(14(25)13(16)24)19-8-4-2-1-3-5-8/h1-5,9-26H,6-7H2/t9-,10-,11+,12+,13-,14-,15-,16+,17-,18+/m1/s1. The smallest absolute Gasteiger partial charge is 0.187 e. The fraction of sp³-hybridized carbons (Fsp3) is 0.667. The van der Waals surface area contributed by atoms with E-state index in [1.165, 1.54) is 0 Å². The van der Waals surface area contributed by atoms with Gasteiger partial charge in [-0.2, -0.15) is 0 Å². The number of hydrogen-bond donors (Lipinski definition) is 8. The van der Waals surface area contributed by atoms with Gasteiger partial charge < -0.3 is 55.3 Å². The van der Waals surface area contributed by atoms with Gasteiger partial charge in [-0.05, 0) is 12.1 Å². The molecule has 2 fully saturated rings. The van der Waals surface area contributed by atoms with E-state index >= 15 is 0 Å². The zero-order valence-electron chi connectivity index (χ0n) is 15.4. The lowest BCUT2D eigenvalue weighted by atomic mass is 9.96. The minimum absolute atomic E-state index is 0.584. The Hall–Kier alpha value is -1.38. The number of ether oxygens (including phenoxy) is 3. The van der Waals surface area contributed by atoms with Crippen molar-refractivity contribution in [2.45, 2.75) is 61.3 Å². The first kappa shape index (κ1) is 22.3. The van der Waals surface area contributed by atoms with Crippen LogP contribution in [0, 0.1) is 0 Å². The Kier molecular flexibility index (Phi) is 7.40. The van der Waals surface area contributed by atoms with Crippen molar-refractivity contribution < 1.29 is 50.0 Å². The number of hydrogen-bond acceptors (Lipinski definition) is 11. The van der Waals surface area contributed by atoms with Gasteiger partial charge in [-0.25, -0.2) is 0 Å². The molecule has 0 aliphatic carbocycles. The highest BCUT2D eigenvalue weighted by Gasteiger charge is 2.50. The average Bonchev–Trinajstić information content (AvgIpc) is 2.74. The third-order valence-electron chi connectivity index (χ3n) is 5.09. The molecule has 164 valence electrons. The number of aliphatic hydroxyl groups is 7. The fourth-order valence-corrected chi connectivity index (χ4v) is 3.41. The summed E-state index contributed by atoms with van der Waals surface area (Å²) in [5.41, 5.74) is 0.619. The maximum absolute atomic E-state index is 10.5. The zero-order chi connectivity index (χ0) is 21.1. The fourth-order valence-electron chi connectivity index (χ4n) is 3.41. The van der Waals surface area contributed by atoms with Crippen molar-refractivity contribution in [3.63, 3.8) is 0 Å². The summed E-state index contributed by atoms with van der Waals surface area (Å²) in [5.74, 6) is 0. The third-order valence-corrected chi connectivity index (χ3v) is 5.09. The van der Waals surface area contributed by atoms with Crippen LogP contribution in [0.1, 0.15) is 0 Å². The van der Waals surface area contributed by atoms with E-state index in [4.69, 9.17) is 14.2 Å². The summed E-state index contributed by atoms with van der Waals surface area (Å²) >= 11 is 0. The van der Waals surface area contributed by atoms with Gasteiger partial charge in [0.2, 0.25) is 0 Å². The Balaban J connectivity index is 1.71. The molecule has 2 aliphatic rings. The Bertz CT molecular complexity index is 632. The summed E-state index contributed by atoms with van der Waals surface area (Å²) < 4.78 is 16.4. The Morgan fingerprint density at radius 3 is 2.03 bits per heavy atom. The molecule has 0 bridgehead atoms. The highest BCUT2D eigenvalue weighted by atomic mass is 16.7. The van der Waals surface area contributed by atoms with Crippen molar-refractivity contribution >= 4 is 5.69 Å². The predicted molar refractivity (Wildman–Crippen MR) is 96.5 cm³/mol. The van der Waals surface area contributed by atoms with Crippen LogP contribution in [-0.2, 0) is 14.2 Å². The van der Waals surface area contributed by atoms with E-state index in [1.54, 1.807) is 30.3 Å². The zero-order valence-corrected chi connectivity index (χ0v) is 15.4. The largest absolute Gasteiger partial charge is 0.394 e. The number of benzene rings is 1. The molecule has 1 aromatic carbocycles. The number of anilines is 1. The Morgan fingerprint density at radius 2 is 1.41 bits per heavy atom. The molecule has 2 saturated heterocycles. The van der Waals surface area contributed by atoms with Crippen LogP contribution >= 0.6 is 0 Å². The van der Waals surface area contributed by atoms with Gasteiger partial charge in [-0.15, -0.1) is 0 Å². The van der Waals surface area contributed by atoms with E-state index in [9.17, 15) is 35.7 Å². The summed E-state index contributed by atoms with van der Waals surface area (Å²) in [5, 5.41) is 72.6. The molecular formula is C18H27NO10. The Labute approximate surface area is 166 Å². The lowest BCUT2D eigenvalue weighted by molar-refractivity contribution is -0.340. The number of nitrogens with one attached hydrogen (secondary N) is 1. The van der Waals surface area contributed by atoms with Crippen molar-refractivity contribution in [2.24, 2.45) is 0 Å². The molecule has 0 amide bonds. The maximum Gasteiger partial charge on any atom is 0.187 e. The first-order chi connectivity index (χ1) is 13.9. The van der Waals surface area contributed by atoms with E-state index in [-0.39, 0.29) is 0 Å². The van der Waals surface area contributed by atoms with Crippen LogP contribution in [0.5, 0.6) is 0 Å². The van der Waals surface area contributed by atoms with Gasteiger partial charge in [0.25, 0.3) is 0 Å². The van der Waals surface area contributed by atoms with Gasteiger partial charge >= 0.3 is 0 Å². The molecule has 0 spiro atoms. The molecule has 11 nitrogen and oxygen atoms in total. The second-order valence-corrected chi connectivity index (χ2v) is 7.07. The van der Waals surface area contributed by atoms with Gasteiger partial charge in [0, 0.05) is 5.69 Å². The molecule has 2 heterocycles. The molecule has 0 radical (unpaired) electrons. The summed E-state index contributed by atoms with van der Waals surface area (Å²) in [6, 6.07) is 8.80. The van der Waals surface area contributed by atoms with Crippen molar-refractivity contribution in [3.8, 4) is 0 Å². The van der Waals surface area contributed by atoms with Crippen molar-refractivity contribution in [1.82, 2.24) is 0 Å². The molecular weight excluding hydrogens is 390 g/mol. The first-order valence-electron chi connectivity index (χ1n) is 9.27. The monoisotopic (exact) mass is 417 g/mol. The first-order valence-corrected chi connectivity index (χ1v) is 9.27. The maximum atomic E-state index is 10.5. The van der Waals surface area contributed by atoms with Gasteiger partial charge in [-0.3, -0.25) is 0 Å². The minimum Gasteiger partial charge on any atom is -0.394 e. The van der Waals surface area contributed by atoms with E-state index < -0.39 is 74.6 Å². The number of aliphatic hydroxyl groups excluding tert-OH is 7. The molecule has 29 heavy (non-hydrogen) atoms. The summed E-state index contributed by atoms with van der Waals surface area (Å²) in [6.45, 7) is -1.23. The van der Waals surface area contributed by atoms with Gasteiger partial charge in [0.05, 0.1) is 13.2 Å². The van der Waals surface area contributed by atoms with Crippen LogP contribution in [0.4, 0.5) is 5.69 Å². The second-order valence-electron chi connectivity index (χ2n) is 7.07. The quantitative estimate of drug-likeness (QED) is 0.232. The third kappa shape index (κ3) is 4.70. The van der Waals surface area contributed by atoms with Crippen LogP contribution in [0.15, 0.2) is 30.3 Å². The van der Waals surface area contributed by atoms with E-state index in [0.717, 1.165) is 0 Å². The van der Waals surface area contributed by atoms with Crippen LogP contribution in [-0.4, -0.2) is 110 Å². The lowest BCUT2D eigenvalue weighted by Crippen LogP contribution is -2.65. The molecule has 0 aromatic heterocycles. The molecule has 0 saturated carbocycles. The molecule has 10 atom stereocenters.